The molecule has 0 aliphatic heterocycles. The molecule has 0 aliphatic rings. The average molecular weight is 206 g/mol. The number of carbonyl (C=O) groups excluding carboxylic acids is 1. The van der Waals surface area contributed by atoms with Crippen LogP contribution in [0.2, 0.25) is 10.3 Å². The van der Waals surface area contributed by atoms with Gasteiger partial charge in [-0.3, -0.25) is 4.79 Å². The van der Waals surface area contributed by atoms with Crippen LogP contribution in [0.25, 0.3) is 0 Å². The van der Waals surface area contributed by atoms with Gasteiger partial charge >= 0.3 is 0 Å². The third-order valence-electron chi connectivity index (χ3n) is 1.27. The number of rotatable bonds is 2. The van der Waals surface area contributed by atoms with Gasteiger partial charge in [0.2, 0.25) is 0 Å². The average Bonchev–Trinajstić information content (AvgIpc) is 2.05. The molecule has 0 radical (unpaired) electrons. The molecule has 0 bridgehead atoms. The van der Waals surface area contributed by atoms with Crippen LogP contribution in [-0.2, 0) is 0 Å². The van der Waals surface area contributed by atoms with E-state index >= 15 is 0 Å². The summed E-state index contributed by atoms with van der Waals surface area (Å²) in [5.74, 6) is 0.336. The monoisotopic (exact) mass is 205 g/mol. The van der Waals surface area contributed by atoms with Crippen LogP contribution in [0.15, 0.2) is 6.07 Å². The van der Waals surface area contributed by atoms with Gasteiger partial charge in [0.25, 0.3) is 0 Å². The van der Waals surface area contributed by atoms with Gasteiger partial charge in [0.15, 0.2) is 17.2 Å². The number of nitrogens with zero attached hydrogens (tertiary/aromatic N) is 1. The van der Waals surface area contributed by atoms with Crippen LogP contribution in [0, 0.1) is 0 Å². The summed E-state index contributed by atoms with van der Waals surface area (Å²) in [6, 6.07) is 1.44. The smallest absolute Gasteiger partial charge is 0.172 e. The largest absolute Gasteiger partial charge is 0.493 e. The highest BCUT2D eigenvalue weighted by Gasteiger charge is 2.07. The van der Waals surface area contributed by atoms with E-state index in [0.717, 1.165) is 0 Å². The first-order valence-electron chi connectivity index (χ1n) is 3.04. The number of hydrogen-bond donors (Lipinski definition) is 0. The molecule has 64 valence electrons. The Bertz CT molecular complexity index is 315. The van der Waals surface area contributed by atoms with Gasteiger partial charge in [-0.15, -0.1) is 0 Å². The minimum Gasteiger partial charge on any atom is -0.493 e. The molecule has 12 heavy (non-hydrogen) atoms. The van der Waals surface area contributed by atoms with E-state index in [1.807, 2.05) is 0 Å². The summed E-state index contributed by atoms with van der Waals surface area (Å²) >= 11 is 11.2. The molecule has 0 atom stereocenters. The fourth-order valence-corrected chi connectivity index (χ4v) is 1.14. The Morgan fingerprint density at radius 3 is 2.67 bits per heavy atom. The van der Waals surface area contributed by atoms with Gasteiger partial charge in [-0.2, -0.15) is 0 Å². The van der Waals surface area contributed by atoms with Gasteiger partial charge in [-0.1, -0.05) is 23.2 Å². The molecule has 1 rings (SSSR count). The summed E-state index contributed by atoms with van der Waals surface area (Å²) in [5.41, 5.74) is 0.262. The van der Waals surface area contributed by atoms with E-state index in [0.29, 0.717) is 12.0 Å². The minimum atomic E-state index is 0.0794. The van der Waals surface area contributed by atoms with Crippen LogP contribution in [0.5, 0.6) is 5.75 Å². The van der Waals surface area contributed by atoms with Crippen molar-refractivity contribution in [3.05, 3.63) is 21.9 Å². The first-order valence-corrected chi connectivity index (χ1v) is 3.80. The fourth-order valence-electron chi connectivity index (χ4n) is 0.692. The highest BCUT2D eigenvalue weighted by atomic mass is 35.5. The SMILES string of the molecule is COc1cc(C=O)c(Cl)nc1Cl. The van der Waals surface area contributed by atoms with Gasteiger partial charge in [-0.25, -0.2) is 4.98 Å². The normalized spacial score (nSPS) is 9.58. The van der Waals surface area contributed by atoms with Crippen LogP contribution in [0.1, 0.15) is 10.4 Å². The number of aromatic nitrogens is 1. The van der Waals surface area contributed by atoms with E-state index in [9.17, 15) is 4.79 Å². The molecule has 5 heteroatoms. The third kappa shape index (κ3) is 1.68. The van der Waals surface area contributed by atoms with E-state index in [2.05, 4.69) is 4.98 Å². The Labute approximate surface area is 79.3 Å². The molecule has 0 aliphatic carbocycles. The standard InChI is InChI=1S/C7H5Cl2NO2/c1-12-5-2-4(3-11)6(8)10-7(5)9/h2-3H,1H3. The van der Waals surface area contributed by atoms with E-state index in [1.54, 1.807) is 0 Å². The Kier molecular flexibility index (Phi) is 2.89. The van der Waals surface area contributed by atoms with Crippen LogP contribution in [-0.4, -0.2) is 18.4 Å². The number of methoxy groups -OCH3 is 1. The number of aldehydes is 1. The first-order chi connectivity index (χ1) is 5.69. The number of halogens is 2. The van der Waals surface area contributed by atoms with Crippen LogP contribution in [0.4, 0.5) is 0 Å². The second-order valence-electron chi connectivity index (χ2n) is 1.98. The quantitative estimate of drug-likeness (QED) is 0.550. The molecule has 0 saturated heterocycles. The van der Waals surface area contributed by atoms with Gasteiger partial charge < -0.3 is 4.74 Å². The Hall–Kier alpha value is -0.800. The van der Waals surface area contributed by atoms with Gasteiger partial charge in [0, 0.05) is 0 Å². The lowest BCUT2D eigenvalue weighted by molar-refractivity contribution is 0.112. The topological polar surface area (TPSA) is 39.2 Å². The van der Waals surface area contributed by atoms with E-state index in [-0.39, 0.29) is 15.9 Å². The molecule has 0 fully saturated rings. The van der Waals surface area contributed by atoms with Crippen molar-refractivity contribution in [2.75, 3.05) is 7.11 Å². The van der Waals surface area contributed by atoms with Crippen LogP contribution < -0.4 is 4.74 Å². The second kappa shape index (κ2) is 3.74. The molecule has 1 aromatic rings. The van der Waals surface area contributed by atoms with E-state index in [1.165, 1.54) is 13.2 Å². The Morgan fingerprint density at radius 1 is 1.50 bits per heavy atom. The second-order valence-corrected chi connectivity index (χ2v) is 2.70. The molecular weight excluding hydrogens is 201 g/mol. The maximum Gasteiger partial charge on any atom is 0.172 e. The zero-order valence-corrected chi connectivity index (χ0v) is 7.69. The maximum absolute atomic E-state index is 10.4. The summed E-state index contributed by atoms with van der Waals surface area (Å²) in [7, 11) is 1.44. The molecule has 1 heterocycles. The summed E-state index contributed by atoms with van der Waals surface area (Å²) in [5, 5.41) is 0.226. The highest BCUT2D eigenvalue weighted by Crippen LogP contribution is 2.26. The molecule has 0 unspecified atom stereocenters. The van der Waals surface area contributed by atoms with Gasteiger partial charge in [-0.05, 0) is 6.07 Å². The van der Waals surface area contributed by atoms with Gasteiger partial charge in [0.1, 0.15) is 5.15 Å². The first kappa shape index (κ1) is 9.29. The summed E-state index contributed by atoms with van der Waals surface area (Å²) in [4.78, 5) is 14.1. The minimum absolute atomic E-state index is 0.0794. The lowest BCUT2D eigenvalue weighted by Crippen LogP contribution is -1.92. The van der Waals surface area contributed by atoms with E-state index in [4.69, 9.17) is 27.9 Å². The molecule has 1 aromatic heterocycles. The zero-order valence-electron chi connectivity index (χ0n) is 6.17. The molecule has 0 aromatic carbocycles. The Morgan fingerprint density at radius 2 is 2.17 bits per heavy atom. The van der Waals surface area contributed by atoms with Crippen molar-refractivity contribution in [3.8, 4) is 5.75 Å². The third-order valence-corrected chi connectivity index (χ3v) is 1.84. The van der Waals surface area contributed by atoms with Crippen molar-refractivity contribution >= 4 is 29.5 Å². The number of ether oxygens (including phenoxy) is 1. The van der Waals surface area contributed by atoms with Crippen molar-refractivity contribution < 1.29 is 9.53 Å². The maximum atomic E-state index is 10.4. The number of carbonyl (C=O) groups is 1. The lowest BCUT2D eigenvalue weighted by atomic mass is 10.3. The van der Waals surface area contributed by atoms with Crippen molar-refractivity contribution in [2.45, 2.75) is 0 Å². The van der Waals surface area contributed by atoms with Crippen LogP contribution >= 0.6 is 23.2 Å². The van der Waals surface area contributed by atoms with Crippen molar-refractivity contribution in [1.29, 1.82) is 0 Å². The molecule has 3 nitrogen and oxygen atoms in total. The predicted molar refractivity (Wildman–Crippen MR) is 46.2 cm³/mol. The van der Waals surface area contributed by atoms with Crippen molar-refractivity contribution in [3.63, 3.8) is 0 Å². The predicted octanol–water partition coefficient (Wildman–Crippen LogP) is 2.21. The van der Waals surface area contributed by atoms with Crippen molar-refractivity contribution in [1.82, 2.24) is 4.98 Å². The molecule has 0 N–H and O–H groups in total. The summed E-state index contributed by atoms with van der Waals surface area (Å²) in [6.45, 7) is 0. The number of pyridine rings is 1. The molecule has 0 saturated carbocycles. The molecule has 0 spiro atoms. The fraction of sp³-hybridized carbons (Fsp3) is 0.143. The molecular formula is C7H5Cl2NO2. The van der Waals surface area contributed by atoms with Gasteiger partial charge in [0.05, 0.1) is 12.7 Å². The summed E-state index contributed by atoms with van der Waals surface area (Å²) < 4.78 is 4.83. The number of hydrogen-bond acceptors (Lipinski definition) is 3. The zero-order chi connectivity index (χ0) is 9.14. The Balaban J connectivity index is 3.26. The highest BCUT2D eigenvalue weighted by molar-refractivity contribution is 6.34. The van der Waals surface area contributed by atoms with Crippen molar-refractivity contribution in [2.24, 2.45) is 0 Å². The van der Waals surface area contributed by atoms with Crippen LogP contribution in [0.3, 0.4) is 0 Å². The van der Waals surface area contributed by atoms with E-state index < -0.39 is 0 Å². The molecule has 0 amide bonds. The summed E-state index contributed by atoms with van der Waals surface area (Å²) in [6.07, 6.45) is 0.591. The lowest BCUT2D eigenvalue weighted by Gasteiger charge is -2.02.